The molecule has 2 aromatic rings. The minimum atomic E-state index is -0.423. The molecule has 2 heterocycles. The SMILES string of the molecule is CC(=O)On1ncc2ncc(C3CCC(C)CC3)nc21. The van der Waals surface area contributed by atoms with E-state index in [1.54, 1.807) is 6.20 Å². The van der Waals surface area contributed by atoms with Crippen LogP contribution in [-0.4, -0.2) is 25.9 Å². The molecule has 6 nitrogen and oxygen atoms in total. The zero-order valence-electron chi connectivity index (χ0n) is 11.7. The molecule has 0 atom stereocenters. The maximum atomic E-state index is 11.0. The summed E-state index contributed by atoms with van der Waals surface area (Å²) < 4.78 is 0. The molecule has 1 aliphatic rings. The Labute approximate surface area is 117 Å². The lowest BCUT2D eigenvalue weighted by Crippen LogP contribution is -2.19. The highest BCUT2D eigenvalue weighted by Crippen LogP contribution is 2.34. The van der Waals surface area contributed by atoms with Gasteiger partial charge in [-0.3, -0.25) is 0 Å². The van der Waals surface area contributed by atoms with Crippen molar-refractivity contribution >= 4 is 17.1 Å². The zero-order valence-corrected chi connectivity index (χ0v) is 11.7. The molecule has 0 N–H and O–H groups in total. The molecule has 20 heavy (non-hydrogen) atoms. The summed E-state index contributed by atoms with van der Waals surface area (Å²) >= 11 is 0. The van der Waals surface area contributed by atoms with Gasteiger partial charge in [0.05, 0.1) is 11.9 Å². The first-order valence-corrected chi connectivity index (χ1v) is 7.03. The van der Waals surface area contributed by atoms with Crippen LogP contribution >= 0.6 is 0 Å². The van der Waals surface area contributed by atoms with Crippen LogP contribution in [0.4, 0.5) is 0 Å². The second kappa shape index (κ2) is 5.19. The Hall–Kier alpha value is -1.98. The molecule has 0 spiro atoms. The standard InChI is InChI=1S/C14H18N4O2/c1-9-3-5-11(6-4-9)12-7-15-13-8-16-18(14(13)17-12)20-10(2)19/h7-9,11H,3-6H2,1-2H3. The molecule has 0 radical (unpaired) electrons. The van der Waals surface area contributed by atoms with Gasteiger partial charge < -0.3 is 4.84 Å². The Kier molecular flexibility index (Phi) is 3.38. The fourth-order valence-corrected chi connectivity index (χ4v) is 2.74. The molecule has 1 aliphatic carbocycles. The largest absolute Gasteiger partial charge is 0.332 e. The average molecular weight is 274 g/mol. The van der Waals surface area contributed by atoms with Gasteiger partial charge in [-0.25, -0.2) is 14.8 Å². The minimum Gasteiger partial charge on any atom is -0.317 e. The number of rotatable bonds is 2. The molecule has 1 fully saturated rings. The third kappa shape index (κ3) is 2.50. The number of fused-ring (bicyclic) bond motifs is 1. The van der Waals surface area contributed by atoms with Crippen molar-refractivity contribution in [3.05, 3.63) is 18.1 Å². The number of hydrogen-bond donors (Lipinski definition) is 0. The van der Waals surface area contributed by atoms with Gasteiger partial charge in [-0.2, -0.15) is 0 Å². The normalized spacial score (nSPS) is 22.9. The van der Waals surface area contributed by atoms with Crippen LogP contribution in [0.5, 0.6) is 0 Å². The first-order valence-electron chi connectivity index (χ1n) is 7.03. The zero-order chi connectivity index (χ0) is 14.1. The molecule has 0 amide bonds. The van der Waals surface area contributed by atoms with Crippen molar-refractivity contribution in [2.75, 3.05) is 0 Å². The molecule has 0 unspecified atom stereocenters. The highest BCUT2D eigenvalue weighted by molar-refractivity contribution is 5.71. The summed E-state index contributed by atoms with van der Waals surface area (Å²) in [5.41, 5.74) is 2.12. The summed E-state index contributed by atoms with van der Waals surface area (Å²) in [4.78, 5) is 26.2. The summed E-state index contributed by atoms with van der Waals surface area (Å²) in [6, 6.07) is 0. The van der Waals surface area contributed by atoms with E-state index in [-0.39, 0.29) is 0 Å². The molecule has 0 saturated heterocycles. The number of carbonyl (C=O) groups excluding carboxylic acids is 1. The average Bonchev–Trinajstić information content (AvgIpc) is 2.81. The first-order chi connectivity index (χ1) is 9.63. The summed E-state index contributed by atoms with van der Waals surface area (Å²) in [6.45, 7) is 3.63. The Bertz CT molecular complexity index is 629. The van der Waals surface area contributed by atoms with Gasteiger partial charge in [0.1, 0.15) is 5.52 Å². The van der Waals surface area contributed by atoms with Gasteiger partial charge in [0.25, 0.3) is 0 Å². The quantitative estimate of drug-likeness (QED) is 0.838. The van der Waals surface area contributed by atoms with E-state index in [1.165, 1.54) is 19.8 Å². The van der Waals surface area contributed by atoms with E-state index in [9.17, 15) is 4.79 Å². The van der Waals surface area contributed by atoms with Gasteiger partial charge in [-0.1, -0.05) is 24.6 Å². The van der Waals surface area contributed by atoms with E-state index in [4.69, 9.17) is 4.84 Å². The lowest BCUT2D eigenvalue weighted by Gasteiger charge is -2.25. The van der Waals surface area contributed by atoms with Crippen molar-refractivity contribution in [3.8, 4) is 0 Å². The monoisotopic (exact) mass is 274 g/mol. The first kappa shape index (κ1) is 13.0. The molecule has 1 saturated carbocycles. The van der Waals surface area contributed by atoms with E-state index >= 15 is 0 Å². The van der Waals surface area contributed by atoms with Crippen molar-refractivity contribution < 1.29 is 9.63 Å². The summed E-state index contributed by atoms with van der Waals surface area (Å²) in [6.07, 6.45) is 8.12. The molecule has 106 valence electrons. The van der Waals surface area contributed by atoms with Crippen LogP contribution in [0.15, 0.2) is 12.4 Å². The van der Waals surface area contributed by atoms with E-state index in [2.05, 4.69) is 22.0 Å². The van der Waals surface area contributed by atoms with Gasteiger partial charge >= 0.3 is 5.97 Å². The van der Waals surface area contributed by atoms with Crippen molar-refractivity contribution in [1.82, 2.24) is 19.9 Å². The maximum absolute atomic E-state index is 11.0. The third-order valence-corrected chi connectivity index (χ3v) is 3.92. The van der Waals surface area contributed by atoms with Crippen LogP contribution < -0.4 is 4.84 Å². The van der Waals surface area contributed by atoms with Crippen LogP contribution in [0.3, 0.4) is 0 Å². The fourth-order valence-electron chi connectivity index (χ4n) is 2.74. The van der Waals surface area contributed by atoms with E-state index < -0.39 is 5.97 Å². The number of aromatic nitrogens is 4. The van der Waals surface area contributed by atoms with Crippen LogP contribution in [0.25, 0.3) is 11.2 Å². The smallest absolute Gasteiger partial charge is 0.317 e. The molecule has 3 rings (SSSR count). The number of hydrogen-bond acceptors (Lipinski definition) is 5. The van der Waals surface area contributed by atoms with Crippen molar-refractivity contribution in [3.63, 3.8) is 0 Å². The highest BCUT2D eigenvalue weighted by Gasteiger charge is 2.22. The van der Waals surface area contributed by atoms with Crippen LogP contribution in [0.2, 0.25) is 0 Å². The molecular formula is C14H18N4O2. The molecule has 6 heteroatoms. The van der Waals surface area contributed by atoms with Gasteiger partial charge in [0, 0.05) is 19.0 Å². The number of carbonyl (C=O) groups is 1. The van der Waals surface area contributed by atoms with Crippen LogP contribution in [-0.2, 0) is 4.79 Å². The molecule has 0 aliphatic heterocycles. The second-order valence-corrected chi connectivity index (χ2v) is 5.56. The predicted molar refractivity (Wildman–Crippen MR) is 73.0 cm³/mol. The van der Waals surface area contributed by atoms with Crippen molar-refractivity contribution in [2.45, 2.75) is 45.4 Å². The van der Waals surface area contributed by atoms with Gasteiger partial charge in [-0.15, -0.1) is 5.10 Å². The van der Waals surface area contributed by atoms with Gasteiger partial charge in [-0.05, 0) is 18.8 Å². The third-order valence-electron chi connectivity index (χ3n) is 3.92. The Morgan fingerprint density at radius 3 is 2.75 bits per heavy atom. The second-order valence-electron chi connectivity index (χ2n) is 5.56. The fraction of sp³-hybridized carbons (Fsp3) is 0.571. The van der Waals surface area contributed by atoms with Crippen molar-refractivity contribution in [2.24, 2.45) is 5.92 Å². The van der Waals surface area contributed by atoms with Crippen LogP contribution in [0.1, 0.15) is 51.1 Å². The predicted octanol–water partition coefficient (Wildman–Crippen LogP) is 2.10. The summed E-state index contributed by atoms with van der Waals surface area (Å²) in [5.74, 6) is 0.826. The van der Waals surface area contributed by atoms with E-state index in [1.807, 2.05) is 6.20 Å². The minimum absolute atomic E-state index is 0.423. The molecule has 2 aromatic heterocycles. The number of nitrogens with zero attached hydrogens (tertiary/aromatic N) is 4. The summed E-state index contributed by atoms with van der Waals surface area (Å²) in [5, 5.41) is 3.98. The topological polar surface area (TPSA) is 69.9 Å². The van der Waals surface area contributed by atoms with Gasteiger partial charge in [0.2, 0.25) is 5.65 Å². The van der Waals surface area contributed by atoms with Crippen LogP contribution in [0, 0.1) is 5.92 Å². The van der Waals surface area contributed by atoms with Crippen molar-refractivity contribution in [1.29, 1.82) is 0 Å². The van der Waals surface area contributed by atoms with Gasteiger partial charge in [0.15, 0.2) is 0 Å². The molecule has 0 bridgehead atoms. The lowest BCUT2D eigenvalue weighted by atomic mass is 9.81. The van der Waals surface area contributed by atoms with E-state index in [0.29, 0.717) is 17.1 Å². The Morgan fingerprint density at radius 1 is 1.30 bits per heavy atom. The Morgan fingerprint density at radius 2 is 2.05 bits per heavy atom. The Balaban J connectivity index is 1.90. The highest BCUT2D eigenvalue weighted by atomic mass is 16.7. The maximum Gasteiger partial charge on any atom is 0.332 e. The molecular weight excluding hydrogens is 256 g/mol. The summed E-state index contributed by atoms with van der Waals surface area (Å²) in [7, 11) is 0. The molecule has 0 aromatic carbocycles. The lowest BCUT2D eigenvalue weighted by molar-refractivity contribution is -0.142. The van der Waals surface area contributed by atoms with E-state index in [0.717, 1.165) is 29.3 Å².